The summed E-state index contributed by atoms with van der Waals surface area (Å²) in [6.45, 7) is 5.77. The quantitative estimate of drug-likeness (QED) is 0.297. The van der Waals surface area contributed by atoms with Crippen LogP contribution in [-0.2, 0) is 16.1 Å². The molecule has 1 aliphatic heterocycles. The van der Waals surface area contributed by atoms with Gasteiger partial charge in [-0.05, 0) is 55.8 Å². The first kappa shape index (κ1) is 26.7. The Labute approximate surface area is 222 Å². The maximum absolute atomic E-state index is 13.8. The standard InChI is InChI=1S/C31H31NO6/c1-20-27(34)25-16-15-23(28(37-5)29(25)38-31(20,2)3)19-32(30(35)22-11-7-6-8-12-22)24-13-9-10-21(18-24)14-17-26(33)36-4/h6-18,20H,19H2,1-5H3/b17-14+. The van der Waals surface area contributed by atoms with E-state index in [2.05, 4.69) is 4.74 Å². The van der Waals surface area contributed by atoms with Crippen LogP contribution in [0.5, 0.6) is 11.5 Å². The zero-order valence-electron chi connectivity index (χ0n) is 22.2. The van der Waals surface area contributed by atoms with Gasteiger partial charge < -0.3 is 19.1 Å². The number of anilines is 1. The van der Waals surface area contributed by atoms with Crippen LogP contribution < -0.4 is 14.4 Å². The number of fused-ring (bicyclic) bond motifs is 1. The molecule has 0 saturated heterocycles. The van der Waals surface area contributed by atoms with Gasteiger partial charge in [0.05, 0.1) is 32.2 Å². The van der Waals surface area contributed by atoms with Crippen molar-refractivity contribution in [2.24, 2.45) is 5.92 Å². The lowest BCUT2D eigenvalue weighted by atomic mass is 9.82. The predicted octanol–water partition coefficient (Wildman–Crippen LogP) is 5.72. The lowest BCUT2D eigenvalue weighted by Crippen LogP contribution is -2.44. The van der Waals surface area contributed by atoms with E-state index in [1.807, 2.05) is 63.2 Å². The monoisotopic (exact) mass is 513 g/mol. The number of hydrogen-bond acceptors (Lipinski definition) is 6. The molecule has 3 aromatic carbocycles. The summed E-state index contributed by atoms with van der Waals surface area (Å²) in [7, 11) is 2.84. The van der Waals surface area contributed by atoms with Crippen LogP contribution in [0.2, 0.25) is 0 Å². The highest BCUT2D eigenvalue weighted by atomic mass is 16.5. The van der Waals surface area contributed by atoms with Crippen LogP contribution in [-0.4, -0.2) is 37.5 Å². The first-order valence-corrected chi connectivity index (χ1v) is 12.3. The fourth-order valence-electron chi connectivity index (χ4n) is 4.36. The maximum atomic E-state index is 13.8. The minimum Gasteiger partial charge on any atom is -0.492 e. The normalized spacial score (nSPS) is 15.9. The molecule has 1 heterocycles. The Hall–Kier alpha value is -4.39. The van der Waals surface area contributed by atoms with E-state index < -0.39 is 11.6 Å². The molecule has 7 nitrogen and oxygen atoms in total. The molecular formula is C31H31NO6. The van der Waals surface area contributed by atoms with Crippen LogP contribution in [0.4, 0.5) is 5.69 Å². The van der Waals surface area contributed by atoms with Gasteiger partial charge in [0.1, 0.15) is 5.60 Å². The average molecular weight is 514 g/mol. The SMILES string of the molecule is COC(=O)/C=C/c1cccc(N(Cc2ccc3c(c2OC)OC(C)(C)C(C)C3=O)C(=O)c2ccccc2)c1. The molecule has 0 bridgehead atoms. The highest BCUT2D eigenvalue weighted by Gasteiger charge is 2.42. The van der Waals surface area contributed by atoms with E-state index in [-0.39, 0.29) is 24.2 Å². The number of Topliss-reactive ketones (excluding diaryl/α,β-unsaturated/α-hetero) is 1. The summed E-state index contributed by atoms with van der Waals surface area (Å²) in [5, 5.41) is 0. The van der Waals surface area contributed by atoms with Crippen LogP contribution >= 0.6 is 0 Å². The van der Waals surface area contributed by atoms with Crippen LogP contribution in [0.3, 0.4) is 0 Å². The van der Waals surface area contributed by atoms with Crippen molar-refractivity contribution in [3.8, 4) is 11.5 Å². The van der Waals surface area contributed by atoms with E-state index in [0.29, 0.717) is 33.9 Å². The van der Waals surface area contributed by atoms with Crippen LogP contribution in [0, 0.1) is 5.92 Å². The summed E-state index contributed by atoms with van der Waals surface area (Å²) in [6.07, 6.45) is 2.95. The first-order chi connectivity index (χ1) is 18.2. The maximum Gasteiger partial charge on any atom is 0.330 e. The number of ether oxygens (including phenoxy) is 3. The van der Waals surface area contributed by atoms with E-state index in [1.54, 1.807) is 35.2 Å². The third kappa shape index (κ3) is 5.32. The number of esters is 1. The van der Waals surface area contributed by atoms with Gasteiger partial charge in [0, 0.05) is 22.9 Å². The number of hydrogen-bond donors (Lipinski definition) is 0. The summed E-state index contributed by atoms with van der Waals surface area (Å²) >= 11 is 0. The molecule has 4 rings (SSSR count). The largest absolute Gasteiger partial charge is 0.492 e. The fraction of sp³-hybridized carbons (Fsp3) is 0.258. The molecule has 0 aromatic heterocycles. The Morgan fingerprint density at radius 2 is 1.76 bits per heavy atom. The molecule has 1 atom stereocenters. The van der Waals surface area contributed by atoms with Crippen LogP contribution in [0.1, 0.15) is 52.6 Å². The molecule has 196 valence electrons. The van der Waals surface area contributed by atoms with Crippen molar-refractivity contribution >= 4 is 29.4 Å². The Morgan fingerprint density at radius 1 is 1.03 bits per heavy atom. The molecule has 0 radical (unpaired) electrons. The van der Waals surface area contributed by atoms with Gasteiger partial charge in [0.25, 0.3) is 5.91 Å². The van der Waals surface area contributed by atoms with Gasteiger partial charge >= 0.3 is 5.97 Å². The van der Waals surface area contributed by atoms with Crippen LogP contribution in [0.25, 0.3) is 6.08 Å². The highest BCUT2D eigenvalue weighted by Crippen LogP contribution is 2.44. The Morgan fingerprint density at radius 3 is 2.45 bits per heavy atom. The van der Waals surface area contributed by atoms with Crippen molar-refractivity contribution < 1.29 is 28.6 Å². The molecule has 3 aromatic rings. The number of methoxy groups -OCH3 is 2. The molecule has 0 fully saturated rings. The van der Waals surface area contributed by atoms with Crippen molar-refractivity contribution in [3.05, 3.63) is 95.1 Å². The van der Waals surface area contributed by atoms with Gasteiger partial charge in [-0.2, -0.15) is 0 Å². The van der Waals surface area contributed by atoms with Gasteiger partial charge in [0.2, 0.25) is 0 Å². The van der Waals surface area contributed by atoms with Gasteiger partial charge in [-0.25, -0.2) is 4.79 Å². The minimum absolute atomic E-state index is 0.0107. The van der Waals surface area contributed by atoms with Crippen molar-refractivity contribution in [1.29, 1.82) is 0 Å². The number of benzene rings is 3. The first-order valence-electron chi connectivity index (χ1n) is 12.3. The van der Waals surface area contributed by atoms with Crippen molar-refractivity contribution in [3.63, 3.8) is 0 Å². The van der Waals surface area contributed by atoms with E-state index >= 15 is 0 Å². The van der Waals surface area contributed by atoms with E-state index in [0.717, 1.165) is 5.56 Å². The number of rotatable bonds is 7. The molecule has 0 spiro atoms. The third-order valence-electron chi connectivity index (χ3n) is 6.85. The molecule has 0 aliphatic carbocycles. The van der Waals surface area contributed by atoms with E-state index in [4.69, 9.17) is 9.47 Å². The van der Waals surface area contributed by atoms with Gasteiger partial charge in [-0.3, -0.25) is 9.59 Å². The minimum atomic E-state index is -0.712. The number of nitrogens with zero attached hydrogens (tertiary/aromatic N) is 1. The predicted molar refractivity (Wildman–Crippen MR) is 146 cm³/mol. The van der Waals surface area contributed by atoms with Gasteiger partial charge in [-0.1, -0.05) is 43.3 Å². The number of ketones is 1. The van der Waals surface area contributed by atoms with Crippen molar-refractivity contribution in [2.45, 2.75) is 32.9 Å². The highest BCUT2D eigenvalue weighted by molar-refractivity contribution is 6.06. The fourth-order valence-corrected chi connectivity index (χ4v) is 4.36. The second-order valence-corrected chi connectivity index (χ2v) is 9.63. The van der Waals surface area contributed by atoms with Crippen LogP contribution in [0.15, 0.2) is 72.8 Å². The molecule has 1 amide bonds. The van der Waals surface area contributed by atoms with Crippen molar-refractivity contribution in [1.82, 2.24) is 0 Å². The second-order valence-electron chi connectivity index (χ2n) is 9.63. The molecule has 7 heteroatoms. The number of carbonyl (C=O) groups excluding carboxylic acids is 3. The zero-order chi connectivity index (χ0) is 27.4. The number of carbonyl (C=O) groups is 3. The van der Waals surface area contributed by atoms with Gasteiger partial charge in [0.15, 0.2) is 17.3 Å². The summed E-state index contributed by atoms with van der Waals surface area (Å²) < 4.78 is 16.7. The zero-order valence-corrected chi connectivity index (χ0v) is 22.2. The molecule has 1 unspecified atom stereocenters. The summed E-state index contributed by atoms with van der Waals surface area (Å²) in [6, 6.07) is 19.8. The lowest BCUT2D eigenvalue weighted by Gasteiger charge is -2.38. The van der Waals surface area contributed by atoms with E-state index in [9.17, 15) is 14.4 Å². The molecule has 1 aliphatic rings. The lowest BCUT2D eigenvalue weighted by molar-refractivity contribution is -0.134. The molecule has 38 heavy (non-hydrogen) atoms. The Bertz CT molecular complexity index is 1390. The third-order valence-corrected chi connectivity index (χ3v) is 6.85. The molecule has 0 N–H and O–H groups in total. The Kier molecular flexibility index (Phi) is 7.67. The number of amides is 1. The smallest absolute Gasteiger partial charge is 0.330 e. The van der Waals surface area contributed by atoms with Gasteiger partial charge in [-0.15, -0.1) is 0 Å². The second kappa shape index (κ2) is 10.9. The molecule has 0 saturated carbocycles. The topological polar surface area (TPSA) is 82.1 Å². The molecular weight excluding hydrogens is 482 g/mol. The average Bonchev–Trinajstić information content (AvgIpc) is 2.93. The summed E-state index contributed by atoms with van der Waals surface area (Å²) in [4.78, 5) is 40.1. The van der Waals surface area contributed by atoms with Crippen molar-refractivity contribution in [2.75, 3.05) is 19.1 Å². The Balaban J connectivity index is 1.79. The summed E-state index contributed by atoms with van der Waals surface area (Å²) in [5.74, 6) is -0.210. The van der Waals surface area contributed by atoms with E-state index in [1.165, 1.54) is 20.3 Å². The summed E-state index contributed by atoms with van der Waals surface area (Å²) in [5.41, 5.74) is 2.30.